The van der Waals surface area contributed by atoms with Gasteiger partial charge in [-0.05, 0) is 12.1 Å². The maximum absolute atomic E-state index is 12.3. The molecule has 0 radical (unpaired) electrons. The molecule has 24 heavy (non-hydrogen) atoms. The van der Waals surface area contributed by atoms with E-state index in [0.29, 0.717) is 17.7 Å². The maximum atomic E-state index is 12.3. The van der Waals surface area contributed by atoms with Crippen LogP contribution in [-0.4, -0.2) is 39.4 Å². The van der Waals surface area contributed by atoms with Crippen LogP contribution in [0, 0.1) is 10.1 Å². The van der Waals surface area contributed by atoms with Crippen molar-refractivity contribution in [3.05, 3.63) is 46.1 Å². The van der Waals surface area contributed by atoms with Gasteiger partial charge in [-0.25, -0.2) is 9.59 Å². The number of esters is 2. The number of nitro groups is 1. The molecule has 0 saturated carbocycles. The van der Waals surface area contributed by atoms with Crippen molar-refractivity contribution in [1.29, 1.82) is 0 Å². The number of hydrogen-bond acceptors (Lipinski definition) is 7. The average Bonchev–Trinajstić information content (AvgIpc) is 3.13. The Morgan fingerprint density at radius 3 is 2.71 bits per heavy atom. The Morgan fingerprint density at radius 2 is 2.12 bits per heavy atom. The molecule has 1 fully saturated rings. The van der Waals surface area contributed by atoms with E-state index >= 15 is 0 Å². The van der Waals surface area contributed by atoms with Gasteiger partial charge in [-0.3, -0.25) is 14.8 Å². The lowest BCUT2D eigenvalue weighted by Crippen LogP contribution is -2.22. The van der Waals surface area contributed by atoms with Gasteiger partial charge in [0.1, 0.15) is 11.3 Å². The summed E-state index contributed by atoms with van der Waals surface area (Å²) in [7, 11) is 1.63. The molecular weight excluding hydrogens is 318 g/mol. The first-order valence-electron chi connectivity index (χ1n) is 7.12. The molecular formula is C15H13N3O6. The number of nitrogens with zero attached hydrogens (tertiary/aromatic N) is 3. The summed E-state index contributed by atoms with van der Waals surface area (Å²) in [4.78, 5) is 34.0. The van der Waals surface area contributed by atoms with Crippen molar-refractivity contribution in [3.8, 4) is 11.3 Å². The number of carbonyl (C=O) groups excluding carboxylic acids is 2. The molecule has 0 aliphatic carbocycles. The molecule has 2 heterocycles. The van der Waals surface area contributed by atoms with Crippen LogP contribution in [0.1, 0.15) is 16.8 Å². The summed E-state index contributed by atoms with van der Waals surface area (Å²) in [5.41, 5.74) is 0.962. The van der Waals surface area contributed by atoms with Crippen LogP contribution in [0.3, 0.4) is 0 Å². The Balaban J connectivity index is 1.88. The smallest absolute Gasteiger partial charge is 0.347 e. The number of aryl methyl sites for hydroxylation is 1. The van der Waals surface area contributed by atoms with Crippen LogP contribution in [0.5, 0.6) is 0 Å². The van der Waals surface area contributed by atoms with Crippen LogP contribution in [0.2, 0.25) is 0 Å². The van der Waals surface area contributed by atoms with Crippen LogP contribution < -0.4 is 0 Å². The van der Waals surface area contributed by atoms with E-state index < -0.39 is 23.0 Å². The minimum Gasteiger partial charge on any atom is -0.463 e. The monoisotopic (exact) mass is 331 g/mol. The molecule has 1 saturated heterocycles. The number of carbonyl (C=O) groups is 2. The lowest BCUT2D eigenvalue weighted by molar-refractivity contribution is -0.384. The number of hydrogen-bond donors (Lipinski definition) is 0. The van der Waals surface area contributed by atoms with E-state index in [1.54, 1.807) is 7.05 Å². The van der Waals surface area contributed by atoms with Gasteiger partial charge in [0.2, 0.25) is 6.10 Å². The summed E-state index contributed by atoms with van der Waals surface area (Å²) in [6, 6.07) is 5.66. The van der Waals surface area contributed by atoms with Gasteiger partial charge < -0.3 is 9.47 Å². The highest BCUT2D eigenvalue weighted by molar-refractivity contribution is 5.97. The Labute approximate surface area is 135 Å². The van der Waals surface area contributed by atoms with Crippen LogP contribution in [0.15, 0.2) is 30.5 Å². The van der Waals surface area contributed by atoms with Gasteiger partial charge in [-0.2, -0.15) is 5.10 Å². The third kappa shape index (κ3) is 2.96. The zero-order valence-corrected chi connectivity index (χ0v) is 12.7. The molecule has 0 bridgehead atoms. The van der Waals surface area contributed by atoms with Gasteiger partial charge in [0.25, 0.3) is 5.69 Å². The highest BCUT2D eigenvalue weighted by Gasteiger charge is 2.32. The molecule has 1 aromatic carbocycles. The van der Waals surface area contributed by atoms with Crippen molar-refractivity contribution in [3.63, 3.8) is 0 Å². The largest absolute Gasteiger partial charge is 0.463 e. The SMILES string of the molecule is Cn1cc(C(=O)O[C@H]2CCOC2=O)c(-c2ccc([N+](=O)[O-])cc2)n1. The highest BCUT2D eigenvalue weighted by Crippen LogP contribution is 2.25. The minimum atomic E-state index is -0.914. The standard InChI is InChI=1S/C15H13N3O6/c1-17-8-11(14(19)24-12-6-7-23-15(12)20)13(16-17)9-2-4-10(5-3-9)18(21)22/h2-5,8,12H,6-7H2,1H3/t12-/m0/s1. The zero-order chi connectivity index (χ0) is 17.3. The van der Waals surface area contributed by atoms with E-state index in [-0.39, 0.29) is 17.9 Å². The Morgan fingerprint density at radius 1 is 1.42 bits per heavy atom. The zero-order valence-electron chi connectivity index (χ0n) is 12.7. The fourth-order valence-electron chi connectivity index (χ4n) is 2.37. The second-order valence-electron chi connectivity index (χ2n) is 5.22. The van der Waals surface area contributed by atoms with Gasteiger partial charge >= 0.3 is 11.9 Å². The third-order valence-corrected chi connectivity index (χ3v) is 3.54. The van der Waals surface area contributed by atoms with E-state index in [9.17, 15) is 19.7 Å². The van der Waals surface area contributed by atoms with Gasteiger partial charge in [0, 0.05) is 37.4 Å². The maximum Gasteiger partial charge on any atom is 0.347 e. The Kier molecular flexibility index (Phi) is 3.98. The summed E-state index contributed by atoms with van der Waals surface area (Å²) < 4.78 is 11.4. The first-order chi connectivity index (χ1) is 11.5. The molecule has 0 spiro atoms. The molecule has 0 N–H and O–H groups in total. The summed E-state index contributed by atoms with van der Waals surface area (Å²) in [5, 5.41) is 14.9. The quantitative estimate of drug-likeness (QED) is 0.473. The van der Waals surface area contributed by atoms with Gasteiger partial charge in [-0.15, -0.1) is 0 Å². The Bertz CT molecular complexity index is 811. The van der Waals surface area contributed by atoms with Gasteiger partial charge in [0.15, 0.2) is 0 Å². The van der Waals surface area contributed by atoms with E-state index in [1.807, 2.05) is 0 Å². The summed E-state index contributed by atoms with van der Waals surface area (Å²) in [5.74, 6) is -1.26. The normalized spacial score (nSPS) is 16.7. The minimum absolute atomic E-state index is 0.0625. The van der Waals surface area contributed by atoms with Crippen LogP contribution in [-0.2, 0) is 21.3 Å². The molecule has 2 aromatic rings. The number of non-ortho nitro benzene ring substituents is 1. The highest BCUT2D eigenvalue weighted by atomic mass is 16.6. The number of benzene rings is 1. The summed E-state index contributed by atoms with van der Waals surface area (Å²) in [6.07, 6.45) is 0.874. The lowest BCUT2D eigenvalue weighted by atomic mass is 10.1. The average molecular weight is 331 g/mol. The van der Waals surface area contributed by atoms with Crippen molar-refractivity contribution < 1.29 is 24.0 Å². The fraction of sp³-hybridized carbons (Fsp3) is 0.267. The third-order valence-electron chi connectivity index (χ3n) is 3.54. The molecule has 1 aliphatic rings. The van der Waals surface area contributed by atoms with E-state index in [1.165, 1.54) is 35.1 Å². The van der Waals surface area contributed by atoms with Gasteiger partial charge in [0.05, 0.1) is 11.5 Å². The van der Waals surface area contributed by atoms with E-state index in [0.717, 1.165) is 0 Å². The molecule has 1 aromatic heterocycles. The molecule has 0 unspecified atom stereocenters. The van der Waals surface area contributed by atoms with Crippen molar-refractivity contribution >= 4 is 17.6 Å². The lowest BCUT2D eigenvalue weighted by Gasteiger charge is -2.08. The molecule has 1 aliphatic heterocycles. The van der Waals surface area contributed by atoms with Gasteiger partial charge in [-0.1, -0.05) is 0 Å². The second kappa shape index (κ2) is 6.11. The van der Waals surface area contributed by atoms with Crippen molar-refractivity contribution in [2.75, 3.05) is 6.61 Å². The predicted molar refractivity (Wildman–Crippen MR) is 80.1 cm³/mol. The van der Waals surface area contributed by atoms with Crippen molar-refractivity contribution in [2.24, 2.45) is 7.05 Å². The number of cyclic esters (lactones) is 1. The van der Waals surface area contributed by atoms with E-state index in [4.69, 9.17) is 9.47 Å². The van der Waals surface area contributed by atoms with Crippen LogP contribution in [0.4, 0.5) is 5.69 Å². The number of nitro benzene ring substituents is 1. The second-order valence-corrected chi connectivity index (χ2v) is 5.22. The molecule has 9 heteroatoms. The van der Waals surface area contributed by atoms with Crippen molar-refractivity contribution in [2.45, 2.75) is 12.5 Å². The number of ether oxygens (including phenoxy) is 2. The molecule has 0 amide bonds. The molecule has 1 atom stereocenters. The first-order valence-corrected chi connectivity index (χ1v) is 7.12. The molecule has 9 nitrogen and oxygen atoms in total. The van der Waals surface area contributed by atoms with Crippen molar-refractivity contribution in [1.82, 2.24) is 9.78 Å². The molecule has 3 rings (SSSR count). The van der Waals surface area contributed by atoms with E-state index in [2.05, 4.69) is 5.10 Å². The number of rotatable bonds is 4. The van der Waals surface area contributed by atoms with Crippen LogP contribution >= 0.6 is 0 Å². The summed E-state index contributed by atoms with van der Waals surface area (Å²) >= 11 is 0. The van der Waals surface area contributed by atoms with Crippen LogP contribution in [0.25, 0.3) is 11.3 Å². The first kappa shape index (κ1) is 15.7. The fourth-order valence-corrected chi connectivity index (χ4v) is 2.37. The topological polar surface area (TPSA) is 114 Å². The number of aromatic nitrogens is 2. The Hall–Kier alpha value is -3.23. The summed E-state index contributed by atoms with van der Waals surface area (Å²) in [6.45, 7) is 0.221. The predicted octanol–water partition coefficient (Wildman–Crippen LogP) is 1.47. The molecule has 124 valence electrons.